The van der Waals surface area contributed by atoms with Gasteiger partial charge in [0.15, 0.2) is 5.76 Å². The lowest BCUT2D eigenvalue weighted by molar-refractivity contribution is 0.0336. The van der Waals surface area contributed by atoms with Gasteiger partial charge in [0.1, 0.15) is 11.5 Å². The molecule has 0 bridgehead atoms. The van der Waals surface area contributed by atoms with Crippen LogP contribution in [0.1, 0.15) is 21.6 Å². The lowest BCUT2D eigenvalue weighted by Crippen LogP contribution is -2.35. The van der Waals surface area contributed by atoms with Gasteiger partial charge in [0.2, 0.25) is 5.78 Å². The number of fused-ring (bicyclic) bond motifs is 2. The largest absolute Gasteiger partial charge is 0.507 e. The Bertz CT molecular complexity index is 1100. The van der Waals surface area contributed by atoms with Crippen LogP contribution < -0.4 is 4.74 Å². The molecule has 2 aromatic carbocycles. The van der Waals surface area contributed by atoms with Crippen molar-refractivity contribution in [2.24, 2.45) is 0 Å². The highest BCUT2D eigenvalue weighted by Crippen LogP contribution is 2.40. The number of phenols is 1. The van der Waals surface area contributed by atoms with E-state index in [0.29, 0.717) is 42.3 Å². The van der Waals surface area contributed by atoms with Crippen molar-refractivity contribution in [1.82, 2.24) is 15.1 Å². The van der Waals surface area contributed by atoms with Crippen molar-refractivity contribution < 1.29 is 19.4 Å². The first-order valence-corrected chi connectivity index (χ1v) is 9.23. The number of para-hydroxylation sites is 1. The van der Waals surface area contributed by atoms with Crippen LogP contribution in [0.4, 0.5) is 0 Å². The van der Waals surface area contributed by atoms with Crippen LogP contribution in [0.3, 0.4) is 0 Å². The molecule has 1 saturated heterocycles. The molecule has 7 nitrogen and oxygen atoms in total. The number of H-pyrrole nitrogens is 1. The lowest BCUT2D eigenvalue weighted by Gasteiger charge is -2.27. The Morgan fingerprint density at radius 3 is 2.86 bits per heavy atom. The molecule has 1 aromatic heterocycles. The predicted octanol–water partition coefficient (Wildman–Crippen LogP) is 2.72. The number of nitrogens with one attached hydrogen (secondary N) is 1. The van der Waals surface area contributed by atoms with Crippen LogP contribution in [0.5, 0.6) is 11.5 Å². The summed E-state index contributed by atoms with van der Waals surface area (Å²) in [7, 11) is 0. The Morgan fingerprint density at radius 2 is 2.00 bits per heavy atom. The molecule has 2 N–H and O–H groups in total. The monoisotopic (exact) mass is 377 g/mol. The quantitative estimate of drug-likeness (QED) is 0.683. The number of nitrogens with zero attached hydrogens (tertiary/aromatic N) is 2. The number of aromatic hydroxyl groups is 1. The molecule has 142 valence electrons. The number of carbonyl (C=O) groups is 1. The summed E-state index contributed by atoms with van der Waals surface area (Å²) in [6.07, 6.45) is 1.65. The summed E-state index contributed by atoms with van der Waals surface area (Å²) in [6.45, 7) is 3.38. The summed E-state index contributed by atoms with van der Waals surface area (Å²) in [5.41, 5.74) is 2.63. The van der Waals surface area contributed by atoms with Crippen molar-refractivity contribution >= 4 is 22.8 Å². The number of aromatic nitrogens is 2. The van der Waals surface area contributed by atoms with Crippen LogP contribution in [-0.2, 0) is 11.3 Å². The van der Waals surface area contributed by atoms with Crippen molar-refractivity contribution in [2.45, 2.75) is 6.54 Å². The van der Waals surface area contributed by atoms with Crippen LogP contribution in [0.15, 0.2) is 42.2 Å². The number of hydrogen-bond acceptors (Lipinski definition) is 6. The molecule has 5 rings (SSSR count). The van der Waals surface area contributed by atoms with E-state index in [1.807, 2.05) is 24.3 Å². The molecule has 0 spiro atoms. The Morgan fingerprint density at radius 1 is 1.18 bits per heavy atom. The zero-order valence-electron chi connectivity index (χ0n) is 15.1. The third-order valence-electron chi connectivity index (χ3n) is 5.17. The summed E-state index contributed by atoms with van der Waals surface area (Å²) in [4.78, 5) is 15.0. The third-order valence-corrected chi connectivity index (χ3v) is 5.17. The number of Topliss-reactive ketones (excluding diaryl/α,β-unsaturated/α-hetero) is 1. The second kappa shape index (κ2) is 6.78. The summed E-state index contributed by atoms with van der Waals surface area (Å²) < 4.78 is 11.3. The van der Waals surface area contributed by atoms with E-state index in [1.54, 1.807) is 18.2 Å². The molecule has 2 aliphatic heterocycles. The van der Waals surface area contributed by atoms with Gasteiger partial charge in [0.25, 0.3) is 0 Å². The molecule has 0 atom stereocenters. The maximum atomic E-state index is 12.9. The van der Waals surface area contributed by atoms with Gasteiger partial charge in [0, 0.05) is 31.1 Å². The van der Waals surface area contributed by atoms with Gasteiger partial charge in [-0.3, -0.25) is 14.8 Å². The smallest absolute Gasteiger partial charge is 0.232 e. The Balaban J connectivity index is 1.50. The summed E-state index contributed by atoms with van der Waals surface area (Å²) >= 11 is 0. The predicted molar refractivity (Wildman–Crippen MR) is 103 cm³/mol. The first-order chi connectivity index (χ1) is 13.7. The van der Waals surface area contributed by atoms with Gasteiger partial charge >= 0.3 is 0 Å². The standard InChI is InChI=1S/C21H19N3O4/c25-18-6-5-14-20(26)19(11-17-13-3-1-2-4-16(13)22-23-17)28-21(14)15(18)12-24-7-9-27-10-8-24/h1-6,11,25H,7-10,12H2,(H,22,23). The number of morpholine rings is 1. The summed E-state index contributed by atoms with van der Waals surface area (Å²) in [5, 5.41) is 18.5. The molecule has 3 heterocycles. The number of benzene rings is 2. The molecule has 28 heavy (non-hydrogen) atoms. The maximum absolute atomic E-state index is 12.9. The molecule has 7 heteroatoms. The van der Waals surface area contributed by atoms with E-state index in [1.165, 1.54) is 0 Å². The fourth-order valence-electron chi connectivity index (χ4n) is 3.65. The normalized spacial score (nSPS) is 18.6. The van der Waals surface area contributed by atoms with E-state index in [4.69, 9.17) is 9.47 Å². The maximum Gasteiger partial charge on any atom is 0.232 e. The fraction of sp³-hybridized carbons (Fsp3) is 0.238. The Kier molecular flexibility index (Phi) is 4.11. The van der Waals surface area contributed by atoms with Gasteiger partial charge in [0.05, 0.1) is 35.6 Å². The Hall–Kier alpha value is -3.16. The summed E-state index contributed by atoms with van der Waals surface area (Å²) in [5.74, 6) is 0.568. The first kappa shape index (κ1) is 17.0. The van der Waals surface area contributed by atoms with E-state index < -0.39 is 0 Å². The van der Waals surface area contributed by atoms with Gasteiger partial charge < -0.3 is 14.6 Å². The van der Waals surface area contributed by atoms with Crippen molar-refractivity contribution in [2.75, 3.05) is 26.3 Å². The number of rotatable bonds is 3. The molecular weight excluding hydrogens is 358 g/mol. The van der Waals surface area contributed by atoms with Crippen LogP contribution >= 0.6 is 0 Å². The van der Waals surface area contributed by atoms with Crippen molar-refractivity contribution in [3.8, 4) is 11.5 Å². The van der Waals surface area contributed by atoms with Crippen LogP contribution in [0.2, 0.25) is 0 Å². The van der Waals surface area contributed by atoms with Crippen molar-refractivity contribution in [1.29, 1.82) is 0 Å². The van der Waals surface area contributed by atoms with Crippen molar-refractivity contribution in [3.63, 3.8) is 0 Å². The Labute approximate surface area is 161 Å². The molecule has 0 unspecified atom stereocenters. The topological polar surface area (TPSA) is 87.7 Å². The number of aromatic amines is 1. The highest BCUT2D eigenvalue weighted by atomic mass is 16.5. The van der Waals surface area contributed by atoms with E-state index in [2.05, 4.69) is 15.1 Å². The minimum absolute atomic E-state index is 0.129. The third kappa shape index (κ3) is 2.85. The number of carbonyl (C=O) groups excluding carboxylic acids is 1. The average Bonchev–Trinajstić information content (AvgIpc) is 3.27. The minimum atomic E-state index is -0.203. The van der Waals surface area contributed by atoms with E-state index in [9.17, 15) is 9.90 Å². The highest BCUT2D eigenvalue weighted by Gasteiger charge is 2.32. The van der Waals surface area contributed by atoms with Gasteiger partial charge in [-0.2, -0.15) is 5.10 Å². The van der Waals surface area contributed by atoms with E-state index >= 15 is 0 Å². The molecule has 1 fully saturated rings. The molecule has 0 amide bonds. The number of phenolic OH excluding ortho intramolecular Hbond substituents is 1. The second-order valence-electron chi connectivity index (χ2n) is 6.92. The SMILES string of the molecule is O=C1C(=Cc2n[nH]c3ccccc23)Oc2c1ccc(O)c2CN1CCOCC1. The first-order valence-electron chi connectivity index (χ1n) is 9.23. The van der Waals surface area contributed by atoms with Gasteiger partial charge in [-0.25, -0.2) is 0 Å². The molecule has 0 radical (unpaired) electrons. The van der Waals surface area contributed by atoms with E-state index in [0.717, 1.165) is 24.0 Å². The lowest BCUT2D eigenvalue weighted by atomic mass is 10.0. The van der Waals surface area contributed by atoms with Crippen LogP contribution in [0.25, 0.3) is 17.0 Å². The number of hydrogen-bond donors (Lipinski definition) is 2. The zero-order chi connectivity index (χ0) is 19.1. The van der Waals surface area contributed by atoms with Crippen molar-refractivity contribution in [3.05, 3.63) is 59.0 Å². The molecule has 2 aliphatic rings. The fourth-order valence-corrected chi connectivity index (χ4v) is 3.65. The van der Waals surface area contributed by atoms with Gasteiger partial charge in [-0.15, -0.1) is 0 Å². The van der Waals surface area contributed by atoms with E-state index in [-0.39, 0.29) is 17.3 Å². The molecule has 0 saturated carbocycles. The van der Waals surface area contributed by atoms with Gasteiger partial charge in [-0.05, 0) is 18.2 Å². The summed E-state index contributed by atoms with van der Waals surface area (Å²) in [6, 6.07) is 10.9. The number of allylic oxidation sites excluding steroid dienone is 1. The minimum Gasteiger partial charge on any atom is -0.507 e. The molecule has 0 aliphatic carbocycles. The molecule has 3 aromatic rings. The number of ketones is 1. The zero-order valence-corrected chi connectivity index (χ0v) is 15.1. The second-order valence-corrected chi connectivity index (χ2v) is 6.92. The molecular formula is C21H19N3O4. The van der Waals surface area contributed by atoms with Crippen LogP contribution in [-0.4, -0.2) is 52.3 Å². The van der Waals surface area contributed by atoms with Gasteiger partial charge in [-0.1, -0.05) is 18.2 Å². The van der Waals surface area contributed by atoms with Crippen LogP contribution in [0, 0.1) is 0 Å². The number of ether oxygens (including phenoxy) is 2. The average molecular weight is 377 g/mol. The highest BCUT2D eigenvalue weighted by molar-refractivity contribution is 6.15.